The lowest BCUT2D eigenvalue weighted by molar-refractivity contribution is 0.1000. The Morgan fingerprint density at radius 1 is 1.24 bits per heavy atom. The first-order valence-corrected chi connectivity index (χ1v) is 6.16. The minimum atomic E-state index is -0.620. The van der Waals surface area contributed by atoms with Crippen molar-refractivity contribution in [3.8, 4) is 11.5 Å². The highest BCUT2D eigenvalue weighted by atomic mass is 19.1. The zero-order valence-corrected chi connectivity index (χ0v) is 11.4. The van der Waals surface area contributed by atoms with Crippen LogP contribution in [0.2, 0.25) is 0 Å². The summed E-state index contributed by atoms with van der Waals surface area (Å²) >= 11 is 0. The Bertz CT molecular complexity index is 674. The second kappa shape index (κ2) is 6.13. The molecular weight excluding hydrogens is 275 g/mol. The molecule has 21 heavy (non-hydrogen) atoms. The molecule has 0 heterocycles. The molecule has 0 aliphatic rings. The van der Waals surface area contributed by atoms with Crippen LogP contribution in [0.4, 0.5) is 10.1 Å². The lowest BCUT2D eigenvalue weighted by Crippen LogP contribution is -2.12. The highest BCUT2D eigenvalue weighted by molar-refractivity contribution is 5.92. The minimum absolute atomic E-state index is 0.0429. The summed E-state index contributed by atoms with van der Waals surface area (Å²) in [5, 5.41) is 0. The molecule has 0 radical (unpaired) electrons. The Balaban J connectivity index is 2.14. The van der Waals surface area contributed by atoms with Crippen molar-refractivity contribution in [2.75, 3.05) is 12.8 Å². The maximum Gasteiger partial charge on any atom is 0.248 e. The van der Waals surface area contributed by atoms with E-state index in [1.807, 2.05) is 0 Å². The largest absolute Gasteiger partial charge is 0.495 e. The molecule has 0 fully saturated rings. The number of benzene rings is 2. The molecule has 2 rings (SSSR count). The molecule has 2 aromatic rings. The standard InChI is InChI=1S/C15H15FN2O3/c1-20-14-5-3-11(7-13(14)17)21-8-10-6-9(15(18)19)2-4-12(10)16/h2-7H,8,17H2,1H3,(H2,18,19). The number of carbonyl (C=O) groups is 1. The quantitative estimate of drug-likeness (QED) is 0.825. The molecule has 0 aromatic heterocycles. The van der Waals surface area contributed by atoms with Gasteiger partial charge in [-0.15, -0.1) is 0 Å². The SMILES string of the molecule is COc1ccc(OCc2cc(C(N)=O)ccc2F)cc1N. The van der Waals surface area contributed by atoms with Crippen molar-refractivity contribution < 1.29 is 18.7 Å². The molecule has 6 heteroatoms. The van der Waals surface area contributed by atoms with Crippen molar-refractivity contribution in [3.63, 3.8) is 0 Å². The van der Waals surface area contributed by atoms with Gasteiger partial charge < -0.3 is 20.9 Å². The van der Waals surface area contributed by atoms with Gasteiger partial charge in [0.1, 0.15) is 23.9 Å². The highest BCUT2D eigenvalue weighted by Gasteiger charge is 2.08. The Kier molecular flexibility index (Phi) is 4.27. The van der Waals surface area contributed by atoms with E-state index in [1.165, 1.54) is 25.3 Å². The maximum atomic E-state index is 13.7. The van der Waals surface area contributed by atoms with E-state index in [1.54, 1.807) is 18.2 Å². The van der Waals surface area contributed by atoms with Crippen LogP contribution in [0.15, 0.2) is 36.4 Å². The fraction of sp³-hybridized carbons (Fsp3) is 0.133. The average Bonchev–Trinajstić information content (AvgIpc) is 2.46. The molecule has 0 unspecified atom stereocenters. The molecule has 0 spiro atoms. The predicted molar refractivity (Wildman–Crippen MR) is 76.7 cm³/mol. The van der Waals surface area contributed by atoms with E-state index in [0.29, 0.717) is 17.2 Å². The van der Waals surface area contributed by atoms with E-state index in [4.69, 9.17) is 20.9 Å². The highest BCUT2D eigenvalue weighted by Crippen LogP contribution is 2.26. The Hall–Kier alpha value is -2.76. The summed E-state index contributed by atoms with van der Waals surface area (Å²) in [6, 6.07) is 8.76. The zero-order valence-electron chi connectivity index (χ0n) is 11.4. The van der Waals surface area contributed by atoms with Crippen LogP contribution in [-0.2, 0) is 6.61 Å². The molecule has 2 aromatic carbocycles. The van der Waals surface area contributed by atoms with Gasteiger partial charge in [-0.25, -0.2) is 4.39 Å². The van der Waals surface area contributed by atoms with Gasteiger partial charge in [0, 0.05) is 17.2 Å². The second-order valence-corrected chi connectivity index (χ2v) is 4.36. The van der Waals surface area contributed by atoms with Crippen molar-refractivity contribution in [1.82, 2.24) is 0 Å². The van der Waals surface area contributed by atoms with Gasteiger partial charge in [0.25, 0.3) is 0 Å². The number of primary amides is 1. The van der Waals surface area contributed by atoms with Gasteiger partial charge in [0.2, 0.25) is 5.91 Å². The van der Waals surface area contributed by atoms with Gasteiger partial charge >= 0.3 is 0 Å². The Morgan fingerprint density at radius 3 is 2.62 bits per heavy atom. The van der Waals surface area contributed by atoms with E-state index in [-0.39, 0.29) is 17.7 Å². The van der Waals surface area contributed by atoms with Crippen LogP contribution in [0.3, 0.4) is 0 Å². The number of rotatable bonds is 5. The molecular formula is C15H15FN2O3. The second-order valence-electron chi connectivity index (χ2n) is 4.36. The normalized spacial score (nSPS) is 10.2. The molecule has 0 bridgehead atoms. The molecule has 0 saturated heterocycles. The topological polar surface area (TPSA) is 87.6 Å². The molecule has 1 amide bonds. The summed E-state index contributed by atoms with van der Waals surface area (Å²) in [5.74, 6) is -0.0899. The summed E-state index contributed by atoms with van der Waals surface area (Å²) in [7, 11) is 1.51. The number of nitrogens with two attached hydrogens (primary N) is 2. The van der Waals surface area contributed by atoms with Gasteiger partial charge in [-0.05, 0) is 30.3 Å². The number of carbonyl (C=O) groups excluding carboxylic acids is 1. The Labute approximate surface area is 121 Å². The van der Waals surface area contributed by atoms with E-state index in [0.717, 1.165) is 0 Å². The van der Waals surface area contributed by atoms with Crippen LogP contribution >= 0.6 is 0 Å². The predicted octanol–water partition coefficient (Wildman–Crippen LogP) is 2.09. The summed E-state index contributed by atoms with van der Waals surface area (Å²) in [6.45, 7) is -0.0429. The van der Waals surface area contributed by atoms with E-state index < -0.39 is 11.7 Å². The van der Waals surface area contributed by atoms with Gasteiger partial charge in [0.15, 0.2) is 0 Å². The summed E-state index contributed by atoms with van der Waals surface area (Å²) in [4.78, 5) is 11.1. The lowest BCUT2D eigenvalue weighted by atomic mass is 10.1. The number of ether oxygens (including phenoxy) is 2. The minimum Gasteiger partial charge on any atom is -0.495 e. The monoisotopic (exact) mass is 290 g/mol. The van der Waals surface area contributed by atoms with Crippen molar-refractivity contribution in [2.45, 2.75) is 6.61 Å². The van der Waals surface area contributed by atoms with Gasteiger partial charge in [-0.2, -0.15) is 0 Å². The Morgan fingerprint density at radius 2 is 2.00 bits per heavy atom. The summed E-state index contributed by atoms with van der Waals surface area (Å²) < 4.78 is 24.1. The number of nitrogen functional groups attached to an aromatic ring is 1. The van der Waals surface area contributed by atoms with Crippen LogP contribution in [-0.4, -0.2) is 13.0 Å². The average molecular weight is 290 g/mol. The van der Waals surface area contributed by atoms with Crippen LogP contribution in [0, 0.1) is 5.82 Å². The number of hydrogen-bond donors (Lipinski definition) is 2. The zero-order chi connectivity index (χ0) is 15.4. The fourth-order valence-corrected chi connectivity index (χ4v) is 1.80. The van der Waals surface area contributed by atoms with Crippen LogP contribution < -0.4 is 20.9 Å². The van der Waals surface area contributed by atoms with Gasteiger partial charge in [0.05, 0.1) is 12.8 Å². The van der Waals surface area contributed by atoms with Gasteiger partial charge in [-0.1, -0.05) is 0 Å². The first-order valence-electron chi connectivity index (χ1n) is 6.16. The molecule has 5 nitrogen and oxygen atoms in total. The summed E-state index contributed by atoms with van der Waals surface area (Å²) in [6.07, 6.45) is 0. The van der Waals surface area contributed by atoms with Crippen LogP contribution in [0.1, 0.15) is 15.9 Å². The number of amides is 1. The van der Waals surface area contributed by atoms with E-state index in [9.17, 15) is 9.18 Å². The summed E-state index contributed by atoms with van der Waals surface area (Å²) in [5.41, 5.74) is 11.8. The molecule has 4 N–H and O–H groups in total. The number of methoxy groups -OCH3 is 1. The fourth-order valence-electron chi connectivity index (χ4n) is 1.80. The van der Waals surface area contributed by atoms with Crippen molar-refractivity contribution in [2.24, 2.45) is 5.73 Å². The van der Waals surface area contributed by atoms with Crippen molar-refractivity contribution in [3.05, 3.63) is 53.3 Å². The van der Waals surface area contributed by atoms with Crippen LogP contribution in [0.5, 0.6) is 11.5 Å². The van der Waals surface area contributed by atoms with Crippen molar-refractivity contribution >= 4 is 11.6 Å². The maximum absolute atomic E-state index is 13.7. The third-order valence-electron chi connectivity index (χ3n) is 2.93. The third kappa shape index (κ3) is 3.42. The number of anilines is 1. The molecule has 0 saturated carbocycles. The van der Waals surface area contributed by atoms with Crippen LogP contribution in [0.25, 0.3) is 0 Å². The first kappa shape index (κ1) is 14.6. The van der Waals surface area contributed by atoms with E-state index >= 15 is 0 Å². The number of halogens is 1. The number of hydrogen-bond acceptors (Lipinski definition) is 4. The molecule has 0 atom stereocenters. The molecule has 0 aliphatic heterocycles. The molecule has 110 valence electrons. The smallest absolute Gasteiger partial charge is 0.248 e. The lowest BCUT2D eigenvalue weighted by Gasteiger charge is -2.10. The van der Waals surface area contributed by atoms with Gasteiger partial charge in [-0.3, -0.25) is 4.79 Å². The third-order valence-corrected chi connectivity index (χ3v) is 2.93. The first-order chi connectivity index (χ1) is 10.0. The van der Waals surface area contributed by atoms with E-state index in [2.05, 4.69) is 0 Å². The molecule has 0 aliphatic carbocycles. The van der Waals surface area contributed by atoms with Crippen molar-refractivity contribution in [1.29, 1.82) is 0 Å².